The van der Waals surface area contributed by atoms with E-state index in [1.165, 1.54) is 12.5 Å². The highest BCUT2D eigenvalue weighted by atomic mass is 16.6. The number of nitrogens with one attached hydrogen (secondary N) is 1. The summed E-state index contributed by atoms with van der Waals surface area (Å²) in [5.41, 5.74) is 2.06. The van der Waals surface area contributed by atoms with Gasteiger partial charge in [-0.1, -0.05) is 32.0 Å². The first-order chi connectivity index (χ1) is 18.8. The van der Waals surface area contributed by atoms with E-state index in [4.69, 9.17) is 14.7 Å². The fourth-order valence-corrected chi connectivity index (χ4v) is 5.80. The number of fused-ring (bicyclic) bond motifs is 1. The maximum atomic E-state index is 13.6. The lowest BCUT2D eigenvalue weighted by atomic mass is 9.80. The predicted octanol–water partition coefficient (Wildman–Crippen LogP) is 5.40. The number of hydrogen-bond donors (Lipinski definition) is 1. The molecule has 0 amide bonds. The average molecular weight is 535 g/mol. The summed E-state index contributed by atoms with van der Waals surface area (Å²) in [5.74, 6) is 0.954. The Morgan fingerprint density at radius 2 is 1.69 bits per heavy atom. The molecule has 3 aliphatic rings. The SMILES string of the molecule is CC1=C(C(=O)OCC(C)C)C(c2ccccc2[N+](=O)[O-])c2c(nc(N3CCCCC3)nc2N2CCCCC2)N1. The number of nitro groups is 1. The number of piperidine rings is 2. The van der Waals surface area contributed by atoms with Crippen LogP contribution in [-0.4, -0.2) is 53.6 Å². The molecule has 4 heterocycles. The minimum absolute atomic E-state index is 0.0398. The van der Waals surface area contributed by atoms with Crippen LogP contribution in [0.3, 0.4) is 0 Å². The zero-order valence-corrected chi connectivity index (χ0v) is 23.1. The van der Waals surface area contributed by atoms with Gasteiger partial charge in [0.15, 0.2) is 0 Å². The van der Waals surface area contributed by atoms with E-state index in [1.807, 2.05) is 20.8 Å². The lowest BCUT2D eigenvalue weighted by Gasteiger charge is -2.37. The number of allylic oxidation sites excluding steroid dienone is 1. The minimum Gasteiger partial charge on any atom is -0.462 e. The molecule has 1 aromatic carbocycles. The van der Waals surface area contributed by atoms with Crippen LogP contribution < -0.4 is 15.1 Å². The number of ether oxygens (including phenoxy) is 1. The van der Waals surface area contributed by atoms with Crippen molar-refractivity contribution in [1.82, 2.24) is 9.97 Å². The molecule has 10 heteroatoms. The third kappa shape index (κ3) is 5.55. The van der Waals surface area contributed by atoms with E-state index in [0.29, 0.717) is 34.2 Å². The summed E-state index contributed by atoms with van der Waals surface area (Å²) in [7, 11) is 0. The molecule has 0 saturated carbocycles. The van der Waals surface area contributed by atoms with Crippen LogP contribution in [0.5, 0.6) is 0 Å². The molecular weight excluding hydrogens is 496 g/mol. The van der Waals surface area contributed by atoms with Crippen molar-refractivity contribution in [2.75, 3.05) is 47.9 Å². The summed E-state index contributed by atoms with van der Waals surface area (Å²) in [6, 6.07) is 6.66. The van der Waals surface area contributed by atoms with E-state index >= 15 is 0 Å². The van der Waals surface area contributed by atoms with Gasteiger partial charge in [0.1, 0.15) is 11.6 Å². The monoisotopic (exact) mass is 534 g/mol. The van der Waals surface area contributed by atoms with E-state index in [0.717, 1.165) is 64.1 Å². The third-order valence-electron chi connectivity index (χ3n) is 7.71. The van der Waals surface area contributed by atoms with Gasteiger partial charge in [-0.3, -0.25) is 10.1 Å². The predicted molar refractivity (Wildman–Crippen MR) is 151 cm³/mol. The first-order valence-electron chi connectivity index (χ1n) is 14.1. The number of para-hydroxylation sites is 1. The number of carbonyl (C=O) groups excluding carboxylic acids is 1. The van der Waals surface area contributed by atoms with Crippen LogP contribution in [-0.2, 0) is 9.53 Å². The number of nitrogens with zero attached hydrogens (tertiary/aromatic N) is 5. The molecule has 1 N–H and O–H groups in total. The molecule has 1 aromatic heterocycles. The molecule has 10 nitrogen and oxygen atoms in total. The van der Waals surface area contributed by atoms with E-state index in [1.54, 1.807) is 18.2 Å². The van der Waals surface area contributed by atoms with Crippen LogP contribution in [0.2, 0.25) is 0 Å². The van der Waals surface area contributed by atoms with E-state index in [9.17, 15) is 14.9 Å². The van der Waals surface area contributed by atoms with Gasteiger partial charge in [0.2, 0.25) is 5.95 Å². The third-order valence-corrected chi connectivity index (χ3v) is 7.71. The number of anilines is 3. The molecule has 0 aliphatic carbocycles. The van der Waals surface area contributed by atoms with Crippen molar-refractivity contribution >= 4 is 29.2 Å². The van der Waals surface area contributed by atoms with Crippen LogP contribution in [0.1, 0.15) is 76.3 Å². The quantitative estimate of drug-likeness (QED) is 0.283. The number of nitro benzene ring substituents is 1. The number of hydrogen-bond acceptors (Lipinski definition) is 9. The molecule has 3 aliphatic heterocycles. The molecule has 0 spiro atoms. The minimum atomic E-state index is -0.741. The van der Waals surface area contributed by atoms with Crippen LogP contribution >= 0.6 is 0 Å². The second-order valence-electron chi connectivity index (χ2n) is 11.1. The molecule has 2 aromatic rings. The van der Waals surface area contributed by atoms with Gasteiger partial charge < -0.3 is 19.9 Å². The van der Waals surface area contributed by atoms with E-state index < -0.39 is 11.9 Å². The van der Waals surface area contributed by atoms with Crippen molar-refractivity contribution in [1.29, 1.82) is 0 Å². The van der Waals surface area contributed by atoms with E-state index in [-0.39, 0.29) is 23.1 Å². The van der Waals surface area contributed by atoms with Crippen LogP contribution in [0.4, 0.5) is 23.3 Å². The number of esters is 1. The molecule has 2 fully saturated rings. The van der Waals surface area contributed by atoms with Crippen molar-refractivity contribution in [3.63, 3.8) is 0 Å². The topological polar surface area (TPSA) is 114 Å². The Bertz CT molecular complexity index is 1260. The first-order valence-corrected chi connectivity index (χ1v) is 14.1. The lowest BCUT2D eigenvalue weighted by Crippen LogP contribution is -2.36. The zero-order chi connectivity index (χ0) is 27.5. The summed E-state index contributed by atoms with van der Waals surface area (Å²) in [5, 5.41) is 15.6. The summed E-state index contributed by atoms with van der Waals surface area (Å²) in [4.78, 5) is 40.1. The molecule has 0 bridgehead atoms. The van der Waals surface area contributed by atoms with Gasteiger partial charge >= 0.3 is 5.97 Å². The van der Waals surface area contributed by atoms with Crippen molar-refractivity contribution in [3.05, 3.63) is 56.8 Å². The summed E-state index contributed by atoms with van der Waals surface area (Å²) in [6.45, 7) is 9.50. The fourth-order valence-electron chi connectivity index (χ4n) is 5.80. The van der Waals surface area contributed by atoms with Crippen molar-refractivity contribution in [3.8, 4) is 0 Å². The maximum absolute atomic E-state index is 13.6. The highest BCUT2D eigenvalue weighted by molar-refractivity contribution is 5.96. The number of benzene rings is 1. The zero-order valence-electron chi connectivity index (χ0n) is 23.1. The largest absolute Gasteiger partial charge is 0.462 e. The first kappa shape index (κ1) is 26.9. The summed E-state index contributed by atoms with van der Waals surface area (Å²) < 4.78 is 5.72. The smallest absolute Gasteiger partial charge is 0.336 e. The maximum Gasteiger partial charge on any atom is 0.336 e. The van der Waals surface area contributed by atoms with Gasteiger partial charge in [-0.05, 0) is 51.4 Å². The second kappa shape index (κ2) is 11.6. The van der Waals surface area contributed by atoms with Crippen LogP contribution in [0.25, 0.3) is 0 Å². The molecule has 1 unspecified atom stereocenters. The highest BCUT2D eigenvalue weighted by Crippen LogP contribution is 2.48. The van der Waals surface area contributed by atoms with Crippen molar-refractivity contribution in [2.45, 2.75) is 65.2 Å². The number of carbonyl (C=O) groups is 1. The second-order valence-corrected chi connectivity index (χ2v) is 11.1. The number of aromatic nitrogens is 2. The Kier molecular flexibility index (Phi) is 7.99. The fraction of sp³-hybridized carbons (Fsp3) is 0.552. The average Bonchev–Trinajstić information content (AvgIpc) is 2.95. The van der Waals surface area contributed by atoms with Crippen LogP contribution in [0, 0.1) is 16.0 Å². The Morgan fingerprint density at radius 1 is 1.05 bits per heavy atom. The Balaban J connectivity index is 1.73. The normalized spacial score (nSPS) is 19.5. The summed E-state index contributed by atoms with van der Waals surface area (Å²) in [6.07, 6.45) is 6.62. The molecule has 1 atom stereocenters. The molecule has 39 heavy (non-hydrogen) atoms. The van der Waals surface area contributed by atoms with Gasteiger partial charge in [0.05, 0.1) is 28.6 Å². The van der Waals surface area contributed by atoms with Crippen LogP contribution in [0.15, 0.2) is 35.5 Å². The molecule has 0 radical (unpaired) electrons. The Labute approximate surface area is 229 Å². The van der Waals surface area contributed by atoms with Gasteiger partial charge in [-0.15, -0.1) is 0 Å². The Hall–Kier alpha value is -3.69. The Morgan fingerprint density at radius 3 is 2.33 bits per heavy atom. The highest BCUT2D eigenvalue weighted by Gasteiger charge is 2.41. The standard InChI is InChI=1S/C29H38N6O4/c1-19(2)18-39-28(36)23-20(3)30-26-25(24(23)21-12-6-7-13-22(21)35(37)38)27(33-14-8-4-9-15-33)32-29(31-26)34-16-10-5-11-17-34/h6-7,12-13,19,24H,4-5,8-11,14-18H2,1-3H3,(H,30,31,32). The van der Waals surface area contributed by atoms with Gasteiger partial charge in [0, 0.05) is 43.5 Å². The number of rotatable bonds is 7. The summed E-state index contributed by atoms with van der Waals surface area (Å²) >= 11 is 0. The molecular formula is C29H38N6O4. The van der Waals surface area contributed by atoms with Crippen molar-refractivity contribution in [2.24, 2.45) is 5.92 Å². The molecule has 208 valence electrons. The van der Waals surface area contributed by atoms with Gasteiger partial charge in [-0.2, -0.15) is 9.97 Å². The molecule has 2 saturated heterocycles. The van der Waals surface area contributed by atoms with E-state index in [2.05, 4.69) is 15.1 Å². The lowest BCUT2D eigenvalue weighted by molar-refractivity contribution is -0.385. The van der Waals surface area contributed by atoms with Crippen molar-refractivity contribution < 1.29 is 14.5 Å². The molecule has 5 rings (SSSR count). The van der Waals surface area contributed by atoms with Gasteiger partial charge in [0.25, 0.3) is 5.69 Å². The van der Waals surface area contributed by atoms with Gasteiger partial charge in [-0.25, -0.2) is 4.79 Å².